The molecule has 5 heteroatoms. The van der Waals surface area contributed by atoms with E-state index in [4.69, 9.17) is 0 Å². The first-order valence-electron chi connectivity index (χ1n) is 5.64. The van der Waals surface area contributed by atoms with E-state index in [1.54, 1.807) is 12.1 Å². The molecule has 1 atom stereocenters. The minimum Gasteiger partial charge on any atom is -0.378 e. The Hall–Kier alpha value is -0.690. The Morgan fingerprint density at radius 1 is 1.11 bits per heavy atom. The van der Waals surface area contributed by atoms with Crippen LogP contribution in [0.15, 0.2) is 40.9 Å². The summed E-state index contributed by atoms with van der Waals surface area (Å²) in [5.41, 5.74) is 1.80. The third-order valence-corrected chi connectivity index (χ3v) is 4.31. The zero-order valence-corrected chi connectivity index (χ0v) is 13.8. The van der Waals surface area contributed by atoms with E-state index in [1.165, 1.54) is 24.3 Å². The number of rotatable bonds is 3. The van der Waals surface area contributed by atoms with Crippen molar-refractivity contribution >= 4 is 44.2 Å². The van der Waals surface area contributed by atoms with Gasteiger partial charge < -0.3 is 5.32 Å². The lowest BCUT2D eigenvalue weighted by atomic mass is 10.1. The highest BCUT2D eigenvalue weighted by molar-refractivity contribution is 14.1. The maximum absolute atomic E-state index is 13.1. The summed E-state index contributed by atoms with van der Waals surface area (Å²) >= 11 is 5.43. The molecule has 0 aromatic heterocycles. The SMILES string of the molecule is CC(Nc1ccc(F)cc1I)c1ccc(F)cc1Br. The van der Waals surface area contributed by atoms with Gasteiger partial charge in [0.05, 0.1) is 0 Å². The predicted octanol–water partition coefficient (Wildman–Crippen LogP) is 5.51. The summed E-state index contributed by atoms with van der Waals surface area (Å²) in [5.74, 6) is -0.537. The molecule has 0 fully saturated rings. The molecule has 1 nitrogen and oxygen atoms in total. The molecule has 0 aliphatic heterocycles. The predicted molar refractivity (Wildman–Crippen MR) is 85.3 cm³/mol. The van der Waals surface area contributed by atoms with E-state index < -0.39 is 0 Å². The average molecular weight is 438 g/mol. The minimum atomic E-state index is -0.279. The second-order valence-corrected chi connectivity index (χ2v) is 6.17. The van der Waals surface area contributed by atoms with E-state index in [0.717, 1.165) is 14.8 Å². The van der Waals surface area contributed by atoms with E-state index in [0.29, 0.717) is 4.47 Å². The van der Waals surface area contributed by atoms with Gasteiger partial charge in [-0.3, -0.25) is 0 Å². The molecule has 0 saturated heterocycles. The van der Waals surface area contributed by atoms with Crippen molar-refractivity contribution in [3.8, 4) is 0 Å². The average Bonchev–Trinajstić information content (AvgIpc) is 2.32. The van der Waals surface area contributed by atoms with Gasteiger partial charge in [-0.25, -0.2) is 8.78 Å². The molecule has 0 radical (unpaired) electrons. The number of halogens is 4. The van der Waals surface area contributed by atoms with Crippen molar-refractivity contribution in [1.29, 1.82) is 0 Å². The van der Waals surface area contributed by atoms with Crippen LogP contribution in [-0.4, -0.2) is 0 Å². The standard InChI is InChI=1S/C14H11BrF2IN/c1-8(11-4-2-9(16)6-12(11)15)19-14-5-3-10(17)7-13(14)18/h2-8,19H,1H3. The van der Waals surface area contributed by atoms with Crippen LogP contribution in [-0.2, 0) is 0 Å². The topological polar surface area (TPSA) is 12.0 Å². The Kier molecular flexibility index (Phi) is 4.78. The summed E-state index contributed by atoms with van der Waals surface area (Å²) in [6.45, 7) is 1.97. The van der Waals surface area contributed by atoms with Crippen LogP contribution in [0.4, 0.5) is 14.5 Å². The van der Waals surface area contributed by atoms with Gasteiger partial charge in [0.15, 0.2) is 0 Å². The Morgan fingerprint density at radius 2 is 1.74 bits per heavy atom. The maximum Gasteiger partial charge on any atom is 0.124 e. The van der Waals surface area contributed by atoms with Crippen LogP contribution < -0.4 is 5.32 Å². The number of hydrogen-bond donors (Lipinski definition) is 1. The summed E-state index contributed by atoms with van der Waals surface area (Å²) in [4.78, 5) is 0. The molecule has 100 valence electrons. The van der Waals surface area contributed by atoms with Crippen molar-refractivity contribution in [3.63, 3.8) is 0 Å². The van der Waals surface area contributed by atoms with Crippen molar-refractivity contribution in [2.24, 2.45) is 0 Å². The summed E-state index contributed by atoms with van der Waals surface area (Å²) in [7, 11) is 0. The molecule has 0 saturated carbocycles. The fourth-order valence-electron chi connectivity index (χ4n) is 1.77. The van der Waals surface area contributed by atoms with Gasteiger partial charge in [-0.05, 0) is 65.4 Å². The first-order chi connectivity index (χ1) is 8.97. The molecule has 1 N–H and O–H groups in total. The second kappa shape index (κ2) is 6.17. The summed E-state index contributed by atoms with van der Waals surface area (Å²) in [6, 6.07) is 9.15. The lowest BCUT2D eigenvalue weighted by molar-refractivity contribution is 0.624. The van der Waals surface area contributed by atoms with E-state index in [2.05, 4.69) is 43.8 Å². The Labute approximate surface area is 132 Å². The van der Waals surface area contributed by atoms with E-state index >= 15 is 0 Å². The van der Waals surface area contributed by atoms with Crippen molar-refractivity contribution in [2.75, 3.05) is 5.32 Å². The van der Waals surface area contributed by atoms with E-state index in [-0.39, 0.29) is 17.7 Å². The molecule has 0 bridgehead atoms. The highest BCUT2D eigenvalue weighted by atomic mass is 127. The van der Waals surface area contributed by atoms with Crippen molar-refractivity contribution in [1.82, 2.24) is 0 Å². The van der Waals surface area contributed by atoms with Crippen LogP contribution in [0.25, 0.3) is 0 Å². The Morgan fingerprint density at radius 3 is 2.37 bits per heavy atom. The summed E-state index contributed by atoms with van der Waals surface area (Å²) in [5, 5.41) is 3.29. The number of benzene rings is 2. The van der Waals surface area contributed by atoms with E-state index in [1.807, 2.05) is 6.92 Å². The highest BCUT2D eigenvalue weighted by Gasteiger charge is 2.11. The fraction of sp³-hybridized carbons (Fsp3) is 0.143. The van der Waals surface area contributed by atoms with Crippen LogP contribution in [0.1, 0.15) is 18.5 Å². The van der Waals surface area contributed by atoms with Gasteiger partial charge in [0, 0.05) is 19.8 Å². The molecule has 19 heavy (non-hydrogen) atoms. The van der Waals surface area contributed by atoms with Crippen molar-refractivity contribution in [2.45, 2.75) is 13.0 Å². The van der Waals surface area contributed by atoms with Gasteiger partial charge in [0.1, 0.15) is 11.6 Å². The van der Waals surface area contributed by atoms with Crippen LogP contribution >= 0.6 is 38.5 Å². The molecule has 0 heterocycles. The molecule has 0 aliphatic rings. The quantitative estimate of drug-likeness (QED) is 0.624. The largest absolute Gasteiger partial charge is 0.378 e. The summed E-state index contributed by atoms with van der Waals surface area (Å²) in [6.07, 6.45) is 0. The fourth-order valence-corrected chi connectivity index (χ4v) is 3.10. The van der Waals surface area contributed by atoms with Crippen molar-refractivity contribution in [3.05, 3.63) is 61.6 Å². The molecule has 0 spiro atoms. The molecule has 2 aromatic rings. The maximum atomic E-state index is 13.1. The molecule has 0 aliphatic carbocycles. The minimum absolute atomic E-state index is 0.0195. The summed E-state index contributed by atoms with van der Waals surface area (Å²) < 4.78 is 27.6. The zero-order chi connectivity index (χ0) is 14.0. The van der Waals surface area contributed by atoms with Gasteiger partial charge in [0.25, 0.3) is 0 Å². The van der Waals surface area contributed by atoms with Gasteiger partial charge in [-0.15, -0.1) is 0 Å². The highest BCUT2D eigenvalue weighted by Crippen LogP contribution is 2.29. The first-order valence-corrected chi connectivity index (χ1v) is 7.51. The molecular weight excluding hydrogens is 427 g/mol. The molecule has 2 aromatic carbocycles. The van der Waals surface area contributed by atoms with E-state index in [9.17, 15) is 8.78 Å². The second-order valence-electron chi connectivity index (χ2n) is 4.16. The van der Waals surface area contributed by atoms with Crippen LogP contribution in [0.5, 0.6) is 0 Å². The van der Waals surface area contributed by atoms with Gasteiger partial charge >= 0.3 is 0 Å². The van der Waals surface area contributed by atoms with Gasteiger partial charge in [-0.2, -0.15) is 0 Å². The lowest BCUT2D eigenvalue weighted by Gasteiger charge is -2.18. The number of nitrogens with one attached hydrogen (secondary N) is 1. The molecule has 1 unspecified atom stereocenters. The molecule has 2 rings (SSSR count). The van der Waals surface area contributed by atoms with Crippen LogP contribution in [0.2, 0.25) is 0 Å². The van der Waals surface area contributed by atoms with Gasteiger partial charge in [0.2, 0.25) is 0 Å². The third-order valence-electron chi connectivity index (χ3n) is 2.73. The van der Waals surface area contributed by atoms with Crippen molar-refractivity contribution < 1.29 is 8.78 Å². The Balaban J connectivity index is 2.23. The van der Waals surface area contributed by atoms with Crippen LogP contribution in [0.3, 0.4) is 0 Å². The van der Waals surface area contributed by atoms with Crippen LogP contribution in [0, 0.1) is 15.2 Å². The number of anilines is 1. The smallest absolute Gasteiger partial charge is 0.124 e. The third kappa shape index (κ3) is 3.66. The number of hydrogen-bond acceptors (Lipinski definition) is 1. The molecule has 0 amide bonds. The molecular formula is C14H11BrF2IN. The monoisotopic (exact) mass is 437 g/mol. The first kappa shape index (κ1) is 14.7. The van der Waals surface area contributed by atoms with Gasteiger partial charge in [-0.1, -0.05) is 22.0 Å². The zero-order valence-electron chi connectivity index (χ0n) is 10.1. The normalized spacial score (nSPS) is 12.3. The Bertz CT molecular complexity index is 604. The lowest BCUT2D eigenvalue weighted by Crippen LogP contribution is -2.08.